The Morgan fingerprint density at radius 1 is 0.818 bits per heavy atom. The van der Waals surface area contributed by atoms with Gasteiger partial charge in [-0.25, -0.2) is 0 Å². The molecule has 2 aromatic carbocycles. The lowest BCUT2D eigenvalue weighted by Gasteiger charge is -2.06. The first-order chi connectivity index (χ1) is 10.8. The van der Waals surface area contributed by atoms with E-state index in [0.717, 1.165) is 5.75 Å². The molecule has 0 saturated carbocycles. The van der Waals surface area contributed by atoms with Crippen LogP contribution < -0.4 is 0 Å². The Morgan fingerprint density at radius 3 is 2.18 bits per heavy atom. The van der Waals surface area contributed by atoms with Crippen LogP contribution in [0.4, 0.5) is 0 Å². The number of fused-ring (bicyclic) bond motifs is 1. The third-order valence-electron chi connectivity index (χ3n) is 4.03. The van der Waals surface area contributed by atoms with Crippen LogP contribution in [0.3, 0.4) is 0 Å². The normalized spacial score (nSPS) is 11.2. The first-order valence-corrected chi connectivity index (χ1v) is 10.2. The van der Waals surface area contributed by atoms with Crippen LogP contribution in [0, 0.1) is 0 Å². The lowest BCUT2D eigenvalue weighted by atomic mass is 10.1. The minimum Gasteiger partial charge on any atom is -0.157 e. The molecular weight excluding hydrogens is 308 g/mol. The first-order valence-electron chi connectivity index (χ1n) is 8.48. The van der Waals surface area contributed by atoms with Crippen molar-refractivity contribution in [3.05, 3.63) is 47.5 Å². The molecular formula is C20H27ClS. The first kappa shape index (κ1) is 17.7. The number of thioether (sulfide) groups is 1. The minimum atomic E-state index is 0.589. The summed E-state index contributed by atoms with van der Waals surface area (Å²) in [7, 11) is 0. The Labute approximate surface area is 144 Å². The maximum Gasteiger partial charge on any atom is 0.0474 e. The van der Waals surface area contributed by atoms with E-state index in [-0.39, 0.29) is 0 Å². The SMILES string of the molecule is CCCCCCCCSCc1ccc2cc(CCl)ccc2c1. The van der Waals surface area contributed by atoms with Gasteiger partial charge >= 0.3 is 0 Å². The molecule has 22 heavy (non-hydrogen) atoms. The van der Waals surface area contributed by atoms with E-state index in [1.807, 2.05) is 0 Å². The second kappa shape index (κ2) is 10.2. The zero-order valence-corrected chi connectivity index (χ0v) is 15.2. The van der Waals surface area contributed by atoms with Gasteiger partial charge in [0.2, 0.25) is 0 Å². The minimum absolute atomic E-state index is 0.589. The van der Waals surface area contributed by atoms with E-state index >= 15 is 0 Å². The van der Waals surface area contributed by atoms with Gasteiger partial charge in [-0.2, -0.15) is 11.8 Å². The zero-order valence-electron chi connectivity index (χ0n) is 13.6. The molecule has 0 saturated heterocycles. The van der Waals surface area contributed by atoms with Crippen LogP contribution in [0.15, 0.2) is 36.4 Å². The number of rotatable bonds is 10. The molecule has 2 heteroatoms. The Bertz CT molecular complexity index is 565. The van der Waals surface area contributed by atoms with Gasteiger partial charge in [0.15, 0.2) is 0 Å². The van der Waals surface area contributed by atoms with Crippen LogP contribution in [-0.2, 0) is 11.6 Å². The fourth-order valence-corrected chi connectivity index (χ4v) is 3.83. The van der Waals surface area contributed by atoms with E-state index in [2.05, 4.69) is 55.1 Å². The monoisotopic (exact) mass is 334 g/mol. The van der Waals surface area contributed by atoms with E-state index in [9.17, 15) is 0 Å². The molecule has 2 aromatic rings. The molecule has 0 nitrogen and oxygen atoms in total. The molecule has 0 bridgehead atoms. The second-order valence-corrected chi connectivity index (χ2v) is 7.34. The molecule has 0 spiro atoms. The summed E-state index contributed by atoms with van der Waals surface area (Å²) in [6.45, 7) is 2.27. The topological polar surface area (TPSA) is 0 Å². The van der Waals surface area contributed by atoms with Gasteiger partial charge in [0.1, 0.15) is 0 Å². The highest BCUT2D eigenvalue weighted by Gasteiger charge is 1.99. The number of unbranched alkanes of at least 4 members (excludes halogenated alkanes) is 5. The smallest absolute Gasteiger partial charge is 0.0474 e. The highest BCUT2D eigenvalue weighted by atomic mass is 35.5. The Balaban J connectivity index is 1.73. The van der Waals surface area contributed by atoms with E-state index in [4.69, 9.17) is 11.6 Å². The lowest BCUT2D eigenvalue weighted by Crippen LogP contribution is -1.86. The number of hydrogen-bond acceptors (Lipinski definition) is 1. The van der Waals surface area contributed by atoms with Crippen LogP contribution in [0.25, 0.3) is 10.8 Å². The van der Waals surface area contributed by atoms with Crippen molar-refractivity contribution < 1.29 is 0 Å². The summed E-state index contributed by atoms with van der Waals surface area (Å²) >= 11 is 7.96. The van der Waals surface area contributed by atoms with Crippen molar-refractivity contribution in [2.75, 3.05) is 5.75 Å². The van der Waals surface area contributed by atoms with E-state index < -0.39 is 0 Å². The number of hydrogen-bond donors (Lipinski definition) is 0. The van der Waals surface area contributed by atoms with Gasteiger partial charge in [-0.15, -0.1) is 11.6 Å². The average Bonchev–Trinajstić information content (AvgIpc) is 2.56. The maximum atomic E-state index is 5.89. The average molecular weight is 335 g/mol. The van der Waals surface area contributed by atoms with Crippen LogP contribution in [-0.4, -0.2) is 5.75 Å². The van der Waals surface area contributed by atoms with Crippen molar-refractivity contribution in [3.8, 4) is 0 Å². The predicted molar refractivity (Wildman–Crippen MR) is 103 cm³/mol. The largest absolute Gasteiger partial charge is 0.157 e. The molecule has 0 atom stereocenters. The van der Waals surface area contributed by atoms with Crippen molar-refractivity contribution in [1.82, 2.24) is 0 Å². The molecule has 0 heterocycles. The van der Waals surface area contributed by atoms with Gasteiger partial charge in [0.05, 0.1) is 0 Å². The molecule has 0 amide bonds. The summed E-state index contributed by atoms with van der Waals surface area (Å²) in [5, 5.41) is 2.62. The molecule has 0 aliphatic rings. The van der Waals surface area contributed by atoms with E-state index in [0.29, 0.717) is 5.88 Å². The van der Waals surface area contributed by atoms with Gasteiger partial charge in [0.25, 0.3) is 0 Å². The molecule has 0 aromatic heterocycles. The Morgan fingerprint density at radius 2 is 1.45 bits per heavy atom. The fraction of sp³-hybridized carbons (Fsp3) is 0.500. The standard InChI is InChI=1S/C20H27ClS/c1-2-3-4-5-6-7-12-22-16-18-9-11-19-13-17(15-21)8-10-20(19)14-18/h8-11,13-14H,2-7,12,15-16H2,1H3. The number of benzene rings is 2. The van der Waals surface area contributed by atoms with E-state index in [1.54, 1.807) is 0 Å². The third kappa shape index (κ3) is 5.85. The van der Waals surface area contributed by atoms with Crippen LogP contribution >= 0.6 is 23.4 Å². The summed E-state index contributed by atoms with van der Waals surface area (Å²) in [4.78, 5) is 0. The van der Waals surface area contributed by atoms with Crippen molar-refractivity contribution >= 4 is 34.1 Å². The third-order valence-corrected chi connectivity index (χ3v) is 5.46. The summed E-state index contributed by atoms with van der Waals surface area (Å²) in [5.74, 6) is 3.00. The maximum absolute atomic E-state index is 5.89. The Kier molecular flexibility index (Phi) is 8.18. The molecule has 0 aliphatic carbocycles. The van der Waals surface area contributed by atoms with Crippen molar-refractivity contribution in [2.24, 2.45) is 0 Å². The predicted octanol–water partition coefficient (Wildman–Crippen LogP) is 7.17. The summed E-state index contributed by atoms with van der Waals surface area (Å²) < 4.78 is 0. The van der Waals surface area contributed by atoms with Gasteiger partial charge in [-0.3, -0.25) is 0 Å². The van der Waals surface area contributed by atoms with Crippen LogP contribution in [0.1, 0.15) is 56.6 Å². The summed E-state index contributed by atoms with van der Waals surface area (Å²) in [6, 6.07) is 13.3. The molecule has 120 valence electrons. The van der Waals surface area contributed by atoms with Crippen LogP contribution in [0.5, 0.6) is 0 Å². The molecule has 2 rings (SSSR count). The van der Waals surface area contributed by atoms with Crippen molar-refractivity contribution in [2.45, 2.75) is 57.1 Å². The zero-order chi connectivity index (χ0) is 15.6. The molecule has 0 radical (unpaired) electrons. The van der Waals surface area contributed by atoms with Crippen molar-refractivity contribution in [1.29, 1.82) is 0 Å². The van der Waals surface area contributed by atoms with Gasteiger partial charge in [-0.05, 0) is 40.1 Å². The molecule has 0 unspecified atom stereocenters. The Hall–Kier alpha value is -0.660. The van der Waals surface area contributed by atoms with Crippen molar-refractivity contribution in [3.63, 3.8) is 0 Å². The highest BCUT2D eigenvalue weighted by Crippen LogP contribution is 2.22. The van der Waals surface area contributed by atoms with E-state index in [1.165, 1.54) is 66.2 Å². The fourth-order valence-electron chi connectivity index (χ4n) is 2.69. The van der Waals surface area contributed by atoms with Gasteiger partial charge in [-0.1, -0.05) is 69.4 Å². The second-order valence-electron chi connectivity index (χ2n) is 5.97. The molecule has 0 aliphatic heterocycles. The van der Waals surface area contributed by atoms with Gasteiger partial charge in [0, 0.05) is 11.6 Å². The van der Waals surface area contributed by atoms with Gasteiger partial charge < -0.3 is 0 Å². The summed E-state index contributed by atoms with van der Waals surface area (Å²) in [5.41, 5.74) is 2.63. The number of halogens is 1. The van der Waals surface area contributed by atoms with Crippen LogP contribution in [0.2, 0.25) is 0 Å². The highest BCUT2D eigenvalue weighted by molar-refractivity contribution is 7.98. The number of alkyl halides is 1. The summed E-state index contributed by atoms with van der Waals surface area (Å²) in [6.07, 6.45) is 8.31. The molecule has 0 fully saturated rings. The molecule has 0 N–H and O–H groups in total. The lowest BCUT2D eigenvalue weighted by molar-refractivity contribution is 0.627. The quantitative estimate of drug-likeness (QED) is 0.327.